The summed E-state index contributed by atoms with van der Waals surface area (Å²) in [5, 5.41) is 0. The fourth-order valence-corrected chi connectivity index (χ4v) is 4.29. The lowest BCUT2D eigenvalue weighted by molar-refractivity contribution is -0.130. The van der Waals surface area contributed by atoms with E-state index in [1.54, 1.807) is 20.9 Å². The van der Waals surface area contributed by atoms with Gasteiger partial charge in [0.05, 0.1) is 11.0 Å². The highest BCUT2D eigenvalue weighted by molar-refractivity contribution is 9.10. The summed E-state index contributed by atoms with van der Waals surface area (Å²) < 4.78 is 6.73. The minimum Gasteiger partial charge on any atom is -0.472 e. The van der Waals surface area contributed by atoms with E-state index in [9.17, 15) is 9.59 Å². The van der Waals surface area contributed by atoms with E-state index in [1.165, 1.54) is 5.56 Å². The predicted octanol–water partition coefficient (Wildman–Crippen LogP) is 3.89. The zero-order chi connectivity index (χ0) is 22.0. The van der Waals surface area contributed by atoms with Crippen molar-refractivity contribution in [2.45, 2.75) is 32.3 Å². The van der Waals surface area contributed by atoms with E-state index in [0.717, 1.165) is 16.6 Å². The third-order valence-corrected chi connectivity index (χ3v) is 6.40. The summed E-state index contributed by atoms with van der Waals surface area (Å²) in [6.07, 6.45) is 2.33. The molecule has 0 N–H and O–H groups in total. The molecule has 1 unspecified atom stereocenters. The summed E-state index contributed by atoms with van der Waals surface area (Å²) in [4.78, 5) is 35.0. The summed E-state index contributed by atoms with van der Waals surface area (Å²) in [6, 6.07) is 11.7. The standard InChI is InChI=1S/C23H27BrN4O3/c1-16(2)17-5-7-18(8-6-17)28-13-12-27(23(28)30)15-21(29)26-11-9-19(14-26)31-22-20(24)4-3-10-25-22/h3-8,10,16,19H,9,11-15H2,1-2H3. The van der Waals surface area contributed by atoms with Gasteiger partial charge in [-0.05, 0) is 51.7 Å². The minimum absolute atomic E-state index is 0.0449. The zero-order valence-corrected chi connectivity index (χ0v) is 19.4. The van der Waals surface area contributed by atoms with Crippen molar-refractivity contribution < 1.29 is 14.3 Å². The number of aromatic nitrogens is 1. The summed E-state index contributed by atoms with van der Waals surface area (Å²) >= 11 is 3.43. The van der Waals surface area contributed by atoms with Crippen LogP contribution in [0.3, 0.4) is 0 Å². The van der Waals surface area contributed by atoms with Crippen molar-refractivity contribution in [2.24, 2.45) is 0 Å². The van der Waals surface area contributed by atoms with Gasteiger partial charge in [0.1, 0.15) is 12.6 Å². The first kappa shape index (κ1) is 21.6. The van der Waals surface area contributed by atoms with E-state index in [4.69, 9.17) is 4.74 Å². The van der Waals surface area contributed by atoms with Gasteiger partial charge in [-0.3, -0.25) is 9.69 Å². The molecule has 7 nitrogen and oxygen atoms in total. The molecule has 2 saturated heterocycles. The smallest absolute Gasteiger partial charge is 0.325 e. The first-order valence-corrected chi connectivity index (χ1v) is 11.4. The highest BCUT2D eigenvalue weighted by Gasteiger charge is 2.34. The summed E-state index contributed by atoms with van der Waals surface area (Å²) in [5.41, 5.74) is 2.12. The van der Waals surface area contributed by atoms with Crippen LogP contribution in [0.4, 0.5) is 10.5 Å². The Morgan fingerprint density at radius 1 is 1.19 bits per heavy atom. The van der Waals surface area contributed by atoms with Crippen molar-refractivity contribution in [3.8, 4) is 5.88 Å². The maximum absolute atomic E-state index is 12.9. The van der Waals surface area contributed by atoms with Crippen molar-refractivity contribution in [1.82, 2.24) is 14.8 Å². The molecule has 2 aliphatic heterocycles. The van der Waals surface area contributed by atoms with E-state index in [-0.39, 0.29) is 24.6 Å². The minimum atomic E-state index is -0.116. The summed E-state index contributed by atoms with van der Waals surface area (Å²) in [5.74, 6) is 0.941. The lowest BCUT2D eigenvalue weighted by atomic mass is 10.0. The number of hydrogen-bond acceptors (Lipinski definition) is 4. The Morgan fingerprint density at radius 3 is 2.68 bits per heavy atom. The summed E-state index contributed by atoms with van der Waals surface area (Å²) in [7, 11) is 0. The fourth-order valence-electron chi connectivity index (χ4n) is 3.94. The van der Waals surface area contributed by atoms with Gasteiger partial charge in [-0.15, -0.1) is 0 Å². The van der Waals surface area contributed by atoms with Crippen molar-refractivity contribution in [3.05, 3.63) is 52.6 Å². The number of likely N-dealkylation sites (tertiary alicyclic amines) is 1. The molecule has 1 atom stereocenters. The van der Waals surface area contributed by atoms with Crippen molar-refractivity contribution in [1.29, 1.82) is 0 Å². The molecule has 3 heterocycles. The Balaban J connectivity index is 1.31. The topological polar surface area (TPSA) is 66.0 Å². The highest BCUT2D eigenvalue weighted by atomic mass is 79.9. The van der Waals surface area contributed by atoms with E-state index in [2.05, 4.69) is 46.9 Å². The number of hydrogen-bond donors (Lipinski definition) is 0. The lowest BCUT2D eigenvalue weighted by Crippen LogP contribution is -2.42. The Kier molecular flexibility index (Phi) is 6.46. The predicted molar refractivity (Wildman–Crippen MR) is 122 cm³/mol. The molecule has 2 aromatic rings. The van der Waals surface area contributed by atoms with Crippen LogP contribution in [0.15, 0.2) is 47.1 Å². The highest BCUT2D eigenvalue weighted by Crippen LogP contribution is 2.26. The average Bonchev–Trinajstić information content (AvgIpc) is 3.37. The number of amides is 3. The van der Waals surface area contributed by atoms with Crippen LogP contribution in [0, 0.1) is 0 Å². The Hall–Kier alpha value is -2.61. The molecule has 3 amide bonds. The lowest BCUT2D eigenvalue weighted by Gasteiger charge is -2.22. The van der Waals surface area contributed by atoms with Crippen LogP contribution in [0.25, 0.3) is 0 Å². The molecule has 31 heavy (non-hydrogen) atoms. The maximum Gasteiger partial charge on any atom is 0.325 e. The van der Waals surface area contributed by atoms with Crippen LogP contribution >= 0.6 is 15.9 Å². The first-order chi connectivity index (χ1) is 14.9. The molecular formula is C23H27BrN4O3. The molecule has 0 radical (unpaired) electrons. The molecule has 0 saturated carbocycles. The van der Waals surface area contributed by atoms with Gasteiger partial charge in [0.2, 0.25) is 11.8 Å². The molecule has 1 aromatic carbocycles. The van der Waals surface area contributed by atoms with Gasteiger partial charge >= 0.3 is 6.03 Å². The largest absolute Gasteiger partial charge is 0.472 e. The number of halogens is 1. The molecule has 0 bridgehead atoms. The molecule has 0 spiro atoms. The Morgan fingerprint density at radius 2 is 1.97 bits per heavy atom. The SMILES string of the molecule is CC(C)c1ccc(N2CCN(CC(=O)N3CCC(Oc4ncccc4Br)C3)C2=O)cc1. The van der Waals surface area contributed by atoms with Crippen LogP contribution in [0.5, 0.6) is 5.88 Å². The fraction of sp³-hybridized carbons (Fsp3) is 0.435. The number of pyridine rings is 1. The molecule has 2 fully saturated rings. The van der Waals surface area contributed by atoms with Crippen molar-refractivity contribution in [3.63, 3.8) is 0 Å². The van der Waals surface area contributed by atoms with E-state index >= 15 is 0 Å². The van der Waals surface area contributed by atoms with E-state index in [1.807, 2.05) is 24.3 Å². The van der Waals surface area contributed by atoms with Gasteiger partial charge in [0.25, 0.3) is 0 Å². The van der Waals surface area contributed by atoms with Gasteiger partial charge in [-0.25, -0.2) is 9.78 Å². The number of benzene rings is 1. The number of nitrogens with zero attached hydrogens (tertiary/aromatic N) is 4. The normalized spacial score (nSPS) is 18.9. The number of urea groups is 1. The van der Waals surface area contributed by atoms with Crippen molar-refractivity contribution in [2.75, 3.05) is 37.6 Å². The molecule has 0 aliphatic carbocycles. The average molecular weight is 487 g/mol. The van der Waals surface area contributed by atoms with Gasteiger partial charge in [0, 0.05) is 37.9 Å². The number of carbonyl (C=O) groups excluding carboxylic acids is 2. The third-order valence-electron chi connectivity index (χ3n) is 5.79. The van der Waals surface area contributed by atoms with Crippen LogP contribution in [-0.4, -0.2) is 65.5 Å². The van der Waals surface area contributed by atoms with Gasteiger partial charge in [-0.1, -0.05) is 26.0 Å². The number of rotatable bonds is 6. The molecule has 2 aliphatic rings. The molecule has 164 valence electrons. The monoisotopic (exact) mass is 486 g/mol. The van der Waals surface area contributed by atoms with Crippen LogP contribution in [-0.2, 0) is 4.79 Å². The Labute approximate surface area is 191 Å². The number of carbonyl (C=O) groups is 2. The zero-order valence-electron chi connectivity index (χ0n) is 17.8. The molecular weight excluding hydrogens is 460 g/mol. The van der Waals surface area contributed by atoms with E-state index < -0.39 is 0 Å². The molecule has 4 rings (SSSR count). The summed E-state index contributed by atoms with van der Waals surface area (Å²) in [6.45, 7) is 6.65. The van der Waals surface area contributed by atoms with Crippen LogP contribution in [0.2, 0.25) is 0 Å². The molecule has 1 aromatic heterocycles. The van der Waals surface area contributed by atoms with Crippen molar-refractivity contribution >= 4 is 33.6 Å². The second-order valence-corrected chi connectivity index (χ2v) is 9.12. The third kappa shape index (κ3) is 4.84. The molecule has 8 heteroatoms. The van der Waals surface area contributed by atoms with Crippen LogP contribution in [0.1, 0.15) is 31.7 Å². The van der Waals surface area contributed by atoms with E-state index in [0.29, 0.717) is 38.0 Å². The maximum atomic E-state index is 12.9. The van der Waals surface area contributed by atoms with Gasteiger partial charge < -0.3 is 14.5 Å². The second kappa shape index (κ2) is 9.26. The number of anilines is 1. The van der Waals surface area contributed by atoms with Crippen LogP contribution < -0.4 is 9.64 Å². The van der Waals surface area contributed by atoms with Gasteiger partial charge in [-0.2, -0.15) is 0 Å². The second-order valence-electron chi connectivity index (χ2n) is 8.26. The first-order valence-electron chi connectivity index (χ1n) is 10.6. The Bertz CT molecular complexity index is 950. The number of ether oxygens (including phenoxy) is 1. The quantitative estimate of drug-likeness (QED) is 0.621. The van der Waals surface area contributed by atoms with Gasteiger partial charge in [0.15, 0.2) is 0 Å².